The van der Waals surface area contributed by atoms with Gasteiger partial charge in [0, 0.05) is 18.1 Å². The van der Waals surface area contributed by atoms with Crippen LogP contribution in [-0.2, 0) is 6.54 Å². The Morgan fingerprint density at radius 1 is 0.857 bits per heavy atom. The van der Waals surface area contributed by atoms with Gasteiger partial charge in [0.1, 0.15) is 23.9 Å². The number of aromatic nitrogens is 4. The van der Waals surface area contributed by atoms with E-state index in [2.05, 4.69) is 16.5 Å². The first-order valence-electron chi connectivity index (χ1n) is 12.3. The molecule has 2 heterocycles. The van der Waals surface area contributed by atoms with Crippen LogP contribution in [0.1, 0.15) is 42.9 Å². The van der Waals surface area contributed by atoms with Crippen LogP contribution in [0, 0.1) is 20.8 Å². The number of ether oxygens (including phenoxy) is 2. The zero-order valence-electron chi connectivity index (χ0n) is 20.6. The largest absolute Gasteiger partial charge is 0.492 e. The first-order chi connectivity index (χ1) is 17.0. The van der Waals surface area contributed by atoms with Crippen molar-refractivity contribution in [3.8, 4) is 22.9 Å². The first kappa shape index (κ1) is 23.0. The SMILES string of the molecule is Cc1nc(C)n(CCOc2ccc(-n3ccn(-c4ccc(OC5CCCC5)cc4)c3=O)cc2)c1C. The first-order valence-corrected chi connectivity index (χ1v) is 12.3. The van der Waals surface area contributed by atoms with Gasteiger partial charge in [0.2, 0.25) is 0 Å². The van der Waals surface area contributed by atoms with Gasteiger partial charge in [0.25, 0.3) is 0 Å². The lowest BCUT2D eigenvalue weighted by atomic mass is 10.2. The van der Waals surface area contributed by atoms with Crippen molar-refractivity contribution < 1.29 is 9.47 Å². The Labute approximate surface area is 205 Å². The average molecular weight is 473 g/mol. The topological polar surface area (TPSA) is 63.2 Å². The van der Waals surface area contributed by atoms with Crippen molar-refractivity contribution in [3.63, 3.8) is 0 Å². The van der Waals surface area contributed by atoms with Crippen LogP contribution >= 0.6 is 0 Å². The quantitative estimate of drug-likeness (QED) is 0.356. The number of hydrogen-bond donors (Lipinski definition) is 0. The van der Waals surface area contributed by atoms with E-state index in [4.69, 9.17) is 9.47 Å². The summed E-state index contributed by atoms with van der Waals surface area (Å²) in [5.74, 6) is 2.63. The maximum absolute atomic E-state index is 13.1. The van der Waals surface area contributed by atoms with Gasteiger partial charge in [-0.25, -0.2) is 9.78 Å². The Hall–Kier alpha value is -3.74. The molecule has 35 heavy (non-hydrogen) atoms. The van der Waals surface area contributed by atoms with E-state index in [1.807, 2.05) is 62.4 Å². The minimum atomic E-state index is -0.121. The lowest BCUT2D eigenvalue weighted by molar-refractivity contribution is 0.210. The molecule has 7 heteroatoms. The highest BCUT2D eigenvalue weighted by Gasteiger charge is 2.16. The summed E-state index contributed by atoms with van der Waals surface area (Å²) < 4.78 is 17.4. The third-order valence-electron chi connectivity index (χ3n) is 6.84. The van der Waals surface area contributed by atoms with Gasteiger partial charge in [-0.05, 0) is 95.0 Å². The molecule has 1 aliphatic rings. The number of hydrogen-bond acceptors (Lipinski definition) is 4. The second-order valence-electron chi connectivity index (χ2n) is 9.16. The van der Waals surface area contributed by atoms with Crippen LogP contribution in [0.5, 0.6) is 11.5 Å². The van der Waals surface area contributed by atoms with E-state index < -0.39 is 0 Å². The highest BCUT2D eigenvalue weighted by molar-refractivity contribution is 5.40. The van der Waals surface area contributed by atoms with E-state index in [0.29, 0.717) is 12.7 Å². The van der Waals surface area contributed by atoms with Crippen LogP contribution < -0.4 is 15.2 Å². The van der Waals surface area contributed by atoms with Crippen molar-refractivity contribution >= 4 is 0 Å². The molecule has 5 rings (SSSR count). The third-order valence-corrected chi connectivity index (χ3v) is 6.84. The number of rotatable bonds is 8. The Morgan fingerprint density at radius 2 is 1.43 bits per heavy atom. The predicted octanol–water partition coefficient (Wildman–Crippen LogP) is 5.15. The summed E-state index contributed by atoms with van der Waals surface area (Å²) in [7, 11) is 0. The Bertz CT molecular complexity index is 1340. The predicted molar refractivity (Wildman–Crippen MR) is 136 cm³/mol. The molecule has 2 aromatic carbocycles. The molecule has 2 aromatic heterocycles. The maximum Gasteiger partial charge on any atom is 0.337 e. The minimum absolute atomic E-state index is 0.121. The van der Waals surface area contributed by atoms with E-state index in [1.165, 1.54) is 18.5 Å². The van der Waals surface area contributed by atoms with E-state index in [-0.39, 0.29) is 5.69 Å². The molecule has 1 fully saturated rings. The van der Waals surface area contributed by atoms with E-state index in [9.17, 15) is 4.79 Å². The van der Waals surface area contributed by atoms with Crippen LogP contribution in [0.3, 0.4) is 0 Å². The Kier molecular flexibility index (Phi) is 6.49. The Balaban J connectivity index is 1.23. The summed E-state index contributed by atoms with van der Waals surface area (Å²) in [5, 5.41) is 0. The molecule has 0 spiro atoms. The monoisotopic (exact) mass is 472 g/mol. The molecule has 7 nitrogen and oxygen atoms in total. The van der Waals surface area contributed by atoms with Crippen LogP contribution in [-0.4, -0.2) is 31.4 Å². The van der Waals surface area contributed by atoms with Crippen LogP contribution in [0.15, 0.2) is 65.7 Å². The fourth-order valence-corrected chi connectivity index (χ4v) is 4.76. The fourth-order valence-electron chi connectivity index (χ4n) is 4.76. The van der Waals surface area contributed by atoms with Crippen molar-refractivity contribution in [2.75, 3.05) is 6.61 Å². The second kappa shape index (κ2) is 9.86. The molecule has 0 atom stereocenters. The van der Waals surface area contributed by atoms with Gasteiger partial charge in [0.15, 0.2) is 0 Å². The normalized spacial score (nSPS) is 13.9. The van der Waals surface area contributed by atoms with Crippen molar-refractivity contribution in [1.82, 2.24) is 18.7 Å². The van der Waals surface area contributed by atoms with Crippen molar-refractivity contribution in [3.05, 3.63) is 88.6 Å². The van der Waals surface area contributed by atoms with Crippen molar-refractivity contribution in [2.45, 2.75) is 59.1 Å². The second-order valence-corrected chi connectivity index (χ2v) is 9.16. The summed E-state index contributed by atoms with van der Waals surface area (Å²) in [6.45, 7) is 7.40. The summed E-state index contributed by atoms with van der Waals surface area (Å²) >= 11 is 0. The highest BCUT2D eigenvalue weighted by Crippen LogP contribution is 2.25. The molecule has 0 aliphatic heterocycles. The maximum atomic E-state index is 13.1. The zero-order valence-corrected chi connectivity index (χ0v) is 20.6. The van der Waals surface area contributed by atoms with Gasteiger partial charge in [0.05, 0.1) is 29.7 Å². The molecule has 0 amide bonds. The lowest BCUT2D eigenvalue weighted by Crippen LogP contribution is -2.21. The molecule has 182 valence electrons. The number of aryl methyl sites for hydroxylation is 2. The smallest absolute Gasteiger partial charge is 0.337 e. The zero-order chi connectivity index (χ0) is 24.4. The van der Waals surface area contributed by atoms with E-state index >= 15 is 0 Å². The minimum Gasteiger partial charge on any atom is -0.492 e. The third kappa shape index (κ3) is 4.90. The molecule has 0 bridgehead atoms. The van der Waals surface area contributed by atoms with Crippen molar-refractivity contribution in [2.24, 2.45) is 0 Å². The van der Waals surface area contributed by atoms with Gasteiger partial charge in [-0.3, -0.25) is 9.13 Å². The molecule has 1 aliphatic carbocycles. The lowest BCUT2D eigenvalue weighted by Gasteiger charge is -2.13. The molecule has 0 unspecified atom stereocenters. The molecule has 0 N–H and O–H groups in total. The van der Waals surface area contributed by atoms with Crippen molar-refractivity contribution in [1.29, 1.82) is 0 Å². The molecule has 0 saturated heterocycles. The standard InChI is InChI=1S/C28H32N4O3/c1-20-21(2)30(22(3)29-20)18-19-34-25-12-8-23(9-13-25)31-16-17-32(28(31)33)24-10-14-27(15-11-24)35-26-6-4-5-7-26/h8-17,26H,4-7,18-19H2,1-3H3. The molecular weight excluding hydrogens is 440 g/mol. The summed E-state index contributed by atoms with van der Waals surface area (Å²) in [6, 6.07) is 15.3. The van der Waals surface area contributed by atoms with E-state index in [0.717, 1.165) is 53.8 Å². The molecular formula is C28H32N4O3. The number of nitrogens with zero attached hydrogens (tertiary/aromatic N) is 4. The Morgan fingerprint density at radius 3 is 1.97 bits per heavy atom. The van der Waals surface area contributed by atoms with Gasteiger partial charge < -0.3 is 14.0 Å². The molecule has 4 aromatic rings. The van der Waals surface area contributed by atoms with Crippen LogP contribution in [0.4, 0.5) is 0 Å². The van der Waals surface area contributed by atoms with Gasteiger partial charge in [-0.2, -0.15) is 0 Å². The summed E-state index contributed by atoms with van der Waals surface area (Å²) in [6.07, 6.45) is 8.62. The van der Waals surface area contributed by atoms with Crippen LogP contribution in [0.25, 0.3) is 11.4 Å². The summed E-state index contributed by atoms with van der Waals surface area (Å²) in [4.78, 5) is 17.6. The fraction of sp³-hybridized carbons (Fsp3) is 0.357. The number of imidazole rings is 2. The van der Waals surface area contributed by atoms with E-state index in [1.54, 1.807) is 21.5 Å². The number of benzene rings is 2. The van der Waals surface area contributed by atoms with Crippen LogP contribution in [0.2, 0.25) is 0 Å². The molecule has 1 saturated carbocycles. The summed E-state index contributed by atoms with van der Waals surface area (Å²) in [5.41, 5.74) is 3.70. The van der Waals surface area contributed by atoms with Gasteiger partial charge >= 0.3 is 5.69 Å². The van der Waals surface area contributed by atoms with Gasteiger partial charge in [-0.1, -0.05) is 0 Å². The van der Waals surface area contributed by atoms with Gasteiger partial charge in [-0.15, -0.1) is 0 Å². The average Bonchev–Trinajstić information content (AvgIpc) is 3.57. The highest BCUT2D eigenvalue weighted by atomic mass is 16.5. The molecule has 0 radical (unpaired) electrons.